The molecule has 3 N–H and O–H groups in total. The Morgan fingerprint density at radius 2 is 1.97 bits per heavy atom. The molecule has 0 fully saturated rings. The number of anilines is 1. The lowest BCUT2D eigenvalue weighted by atomic mass is 10.1. The first kappa shape index (κ1) is 18.8. The minimum atomic E-state index is -0.189. The lowest BCUT2D eigenvalue weighted by Crippen LogP contribution is -2.12. The molecule has 0 aliphatic rings. The van der Waals surface area contributed by atoms with Crippen LogP contribution < -0.4 is 11.1 Å². The van der Waals surface area contributed by atoms with E-state index in [1.54, 1.807) is 10.7 Å². The predicted molar refractivity (Wildman–Crippen MR) is 112 cm³/mol. The molecule has 3 aromatic heterocycles. The van der Waals surface area contributed by atoms with Crippen molar-refractivity contribution in [3.63, 3.8) is 0 Å². The molecule has 148 valence electrons. The topological polar surface area (TPSA) is 103 Å². The first-order valence-corrected chi connectivity index (χ1v) is 9.52. The van der Waals surface area contributed by atoms with Gasteiger partial charge in [-0.05, 0) is 51.1 Å². The molecular weight excluding hydrogens is 366 g/mol. The van der Waals surface area contributed by atoms with Crippen molar-refractivity contribution in [3.8, 4) is 11.3 Å². The summed E-state index contributed by atoms with van der Waals surface area (Å²) in [6.07, 6.45) is 4.62. The average molecular weight is 389 g/mol. The number of rotatable bonds is 6. The van der Waals surface area contributed by atoms with Gasteiger partial charge in [-0.25, -0.2) is 4.98 Å². The van der Waals surface area contributed by atoms with E-state index in [-0.39, 0.29) is 5.91 Å². The highest BCUT2D eigenvalue weighted by Crippen LogP contribution is 2.21. The van der Waals surface area contributed by atoms with Crippen LogP contribution >= 0.6 is 0 Å². The molecule has 1 amide bonds. The quantitative estimate of drug-likeness (QED) is 0.528. The van der Waals surface area contributed by atoms with Crippen LogP contribution in [0, 0.1) is 13.8 Å². The van der Waals surface area contributed by atoms with Crippen molar-refractivity contribution in [2.75, 3.05) is 11.9 Å². The number of carbonyl (C=O) groups is 1. The van der Waals surface area contributed by atoms with Crippen LogP contribution in [0.1, 0.15) is 28.2 Å². The normalized spacial score (nSPS) is 11.1. The van der Waals surface area contributed by atoms with Gasteiger partial charge in [-0.1, -0.05) is 17.3 Å². The van der Waals surface area contributed by atoms with E-state index in [1.165, 1.54) is 0 Å². The van der Waals surface area contributed by atoms with Crippen LogP contribution in [0.5, 0.6) is 0 Å². The molecule has 0 bridgehead atoms. The number of amides is 1. The SMILES string of the molecule is Cc1cc(C)n2ccc(C(=O)Nc3ccc(-c4cn(CCCN)nn4)cc3)c2n1. The summed E-state index contributed by atoms with van der Waals surface area (Å²) in [5, 5.41) is 11.2. The zero-order valence-corrected chi connectivity index (χ0v) is 16.5. The van der Waals surface area contributed by atoms with Crippen LogP contribution in [-0.2, 0) is 6.54 Å². The average Bonchev–Trinajstić information content (AvgIpc) is 3.34. The van der Waals surface area contributed by atoms with Crippen molar-refractivity contribution < 1.29 is 4.79 Å². The predicted octanol–water partition coefficient (Wildman–Crippen LogP) is 2.81. The van der Waals surface area contributed by atoms with E-state index in [9.17, 15) is 4.79 Å². The molecule has 1 aromatic carbocycles. The zero-order chi connectivity index (χ0) is 20.4. The highest BCUT2D eigenvalue weighted by molar-refractivity contribution is 6.08. The van der Waals surface area contributed by atoms with Gasteiger partial charge in [-0.15, -0.1) is 5.10 Å². The molecule has 4 rings (SSSR count). The maximum Gasteiger partial charge on any atom is 0.259 e. The lowest BCUT2D eigenvalue weighted by Gasteiger charge is -2.06. The maximum absolute atomic E-state index is 12.8. The molecule has 4 aromatic rings. The Kier molecular flexibility index (Phi) is 5.09. The second-order valence-electron chi connectivity index (χ2n) is 7.00. The fourth-order valence-electron chi connectivity index (χ4n) is 3.29. The van der Waals surface area contributed by atoms with Gasteiger partial charge in [-0.3, -0.25) is 9.48 Å². The third-order valence-corrected chi connectivity index (χ3v) is 4.75. The van der Waals surface area contributed by atoms with Crippen LogP contribution in [0.25, 0.3) is 16.9 Å². The Balaban J connectivity index is 1.50. The molecule has 0 aliphatic carbocycles. The van der Waals surface area contributed by atoms with Gasteiger partial charge in [0, 0.05) is 35.4 Å². The zero-order valence-electron chi connectivity index (χ0n) is 16.5. The van der Waals surface area contributed by atoms with Gasteiger partial charge < -0.3 is 15.5 Å². The molecule has 0 spiro atoms. The van der Waals surface area contributed by atoms with Gasteiger partial charge in [0.25, 0.3) is 5.91 Å². The van der Waals surface area contributed by atoms with Crippen molar-refractivity contribution in [2.45, 2.75) is 26.8 Å². The van der Waals surface area contributed by atoms with E-state index in [1.807, 2.05) is 61.0 Å². The van der Waals surface area contributed by atoms with Crippen molar-refractivity contribution >= 4 is 17.2 Å². The number of carbonyl (C=O) groups excluding carboxylic acids is 1. The molecule has 8 nitrogen and oxygen atoms in total. The summed E-state index contributed by atoms with van der Waals surface area (Å²) in [4.78, 5) is 17.3. The van der Waals surface area contributed by atoms with E-state index >= 15 is 0 Å². The van der Waals surface area contributed by atoms with Gasteiger partial charge in [-0.2, -0.15) is 0 Å². The molecule has 3 heterocycles. The molecule has 0 saturated heterocycles. The molecular formula is C21H23N7O. The Bertz CT molecular complexity index is 1160. The van der Waals surface area contributed by atoms with Gasteiger partial charge in [0.2, 0.25) is 0 Å². The Hall–Kier alpha value is -3.52. The van der Waals surface area contributed by atoms with Crippen LogP contribution in [0.4, 0.5) is 5.69 Å². The summed E-state index contributed by atoms with van der Waals surface area (Å²) in [7, 11) is 0. The largest absolute Gasteiger partial charge is 0.330 e. The second-order valence-corrected chi connectivity index (χ2v) is 7.00. The van der Waals surface area contributed by atoms with E-state index in [2.05, 4.69) is 20.6 Å². The first-order valence-electron chi connectivity index (χ1n) is 9.52. The molecule has 8 heteroatoms. The standard InChI is InChI=1S/C21H23N7O/c1-14-12-15(2)28-11-8-18(20(28)23-14)21(29)24-17-6-4-16(5-7-17)19-13-27(26-25-19)10-3-9-22/h4-8,11-13H,3,9-10,22H2,1-2H3,(H,24,29). The number of nitrogens with two attached hydrogens (primary N) is 1. The van der Waals surface area contributed by atoms with E-state index in [0.717, 1.165) is 35.6 Å². The summed E-state index contributed by atoms with van der Waals surface area (Å²) in [5.74, 6) is -0.189. The van der Waals surface area contributed by atoms with Gasteiger partial charge in [0.15, 0.2) is 0 Å². The molecule has 0 radical (unpaired) electrons. The monoisotopic (exact) mass is 389 g/mol. The molecule has 29 heavy (non-hydrogen) atoms. The maximum atomic E-state index is 12.8. The second kappa shape index (κ2) is 7.84. The van der Waals surface area contributed by atoms with E-state index in [4.69, 9.17) is 5.73 Å². The fourth-order valence-corrected chi connectivity index (χ4v) is 3.29. The number of aryl methyl sites for hydroxylation is 3. The van der Waals surface area contributed by atoms with Crippen molar-refractivity contribution in [3.05, 3.63) is 65.7 Å². The molecule has 0 aliphatic heterocycles. The van der Waals surface area contributed by atoms with Crippen LogP contribution in [0.15, 0.2) is 48.8 Å². The summed E-state index contributed by atoms with van der Waals surface area (Å²) >= 11 is 0. The number of fused-ring (bicyclic) bond motifs is 1. The number of aromatic nitrogens is 5. The van der Waals surface area contributed by atoms with Crippen molar-refractivity contribution in [1.29, 1.82) is 0 Å². The first-order chi connectivity index (χ1) is 14.0. The smallest absolute Gasteiger partial charge is 0.259 e. The lowest BCUT2D eigenvalue weighted by molar-refractivity contribution is 0.102. The van der Waals surface area contributed by atoms with Crippen LogP contribution in [0.3, 0.4) is 0 Å². The Morgan fingerprint density at radius 3 is 2.72 bits per heavy atom. The summed E-state index contributed by atoms with van der Waals surface area (Å²) in [5.41, 5.74) is 11.1. The minimum absolute atomic E-state index is 0.189. The third-order valence-electron chi connectivity index (χ3n) is 4.75. The Labute approximate surface area is 168 Å². The third kappa shape index (κ3) is 3.88. The molecule has 0 unspecified atom stereocenters. The van der Waals surface area contributed by atoms with Gasteiger partial charge in [0.1, 0.15) is 11.3 Å². The minimum Gasteiger partial charge on any atom is -0.330 e. The van der Waals surface area contributed by atoms with Gasteiger partial charge >= 0.3 is 0 Å². The Morgan fingerprint density at radius 1 is 1.17 bits per heavy atom. The number of nitrogens with one attached hydrogen (secondary N) is 1. The number of hydrogen-bond acceptors (Lipinski definition) is 5. The van der Waals surface area contributed by atoms with E-state index < -0.39 is 0 Å². The van der Waals surface area contributed by atoms with Crippen molar-refractivity contribution in [1.82, 2.24) is 24.4 Å². The summed E-state index contributed by atoms with van der Waals surface area (Å²) in [6.45, 7) is 5.28. The number of benzene rings is 1. The number of nitrogens with zero attached hydrogens (tertiary/aromatic N) is 5. The van der Waals surface area contributed by atoms with Crippen molar-refractivity contribution in [2.24, 2.45) is 5.73 Å². The van der Waals surface area contributed by atoms with Crippen LogP contribution in [0.2, 0.25) is 0 Å². The highest BCUT2D eigenvalue weighted by atomic mass is 16.1. The van der Waals surface area contributed by atoms with Crippen LogP contribution in [-0.4, -0.2) is 36.8 Å². The van der Waals surface area contributed by atoms with Gasteiger partial charge in [0.05, 0.1) is 11.8 Å². The summed E-state index contributed by atoms with van der Waals surface area (Å²) < 4.78 is 3.70. The highest BCUT2D eigenvalue weighted by Gasteiger charge is 2.14. The molecule has 0 saturated carbocycles. The number of hydrogen-bond donors (Lipinski definition) is 2. The van der Waals surface area contributed by atoms with E-state index in [0.29, 0.717) is 23.4 Å². The fraction of sp³-hybridized carbons (Fsp3) is 0.238. The molecule has 0 atom stereocenters. The summed E-state index contributed by atoms with van der Waals surface area (Å²) in [6, 6.07) is 11.3.